The van der Waals surface area contributed by atoms with Gasteiger partial charge in [-0.1, -0.05) is 11.6 Å². The van der Waals surface area contributed by atoms with E-state index >= 15 is 0 Å². The van der Waals surface area contributed by atoms with Crippen LogP contribution in [0.15, 0.2) is 53.9 Å². The predicted molar refractivity (Wildman–Crippen MR) is 224 cm³/mol. The standard InChI is InChI=1S/C44H47ClN10O2S/c1-25-27(3)58-42-38(25)39(50-26(2)40-53-52-28(4)55(40)42)31-5-7-34(47-22-31)17-29-19-44(20-29)13-15-54(16-14-44)43-48-23-32(24-49-43)41(56)51-33-8-11-35(12-9-33)57-36-10-6-30(21-46)37(45)18-36/h5-7,10,18,22-24,26,29,33,35H,8-9,11-17,19-20H2,1-4H3,(H,51,56)/t26-,33-,35-/m0/s1. The lowest BCUT2D eigenvalue weighted by molar-refractivity contribution is 0.0276. The maximum absolute atomic E-state index is 13.1. The summed E-state index contributed by atoms with van der Waals surface area (Å²) in [6, 6.07) is 11.6. The number of hydrogen-bond donors (Lipinski definition) is 1. The summed E-state index contributed by atoms with van der Waals surface area (Å²) in [7, 11) is 0. The number of thiophene rings is 1. The fourth-order valence-electron chi connectivity index (χ4n) is 9.41. The third kappa shape index (κ3) is 7.37. The Balaban J connectivity index is 0.738. The van der Waals surface area contributed by atoms with Crippen LogP contribution in [0.5, 0.6) is 5.75 Å². The molecule has 58 heavy (non-hydrogen) atoms. The fourth-order valence-corrected chi connectivity index (χ4v) is 10.8. The minimum atomic E-state index is -0.146. The van der Waals surface area contributed by atoms with E-state index in [1.807, 2.05) is 13.1 Å². The van der Waals surface area contributed by atoms with Gasteiger partial charge in [-0.2, -0.15) is 5.26 Å². The van der Waals surface area contributed by atoms with Crippen molar-refractivity contribution in [1.29, 1.82) is 5.26 Å². The second-order valence-electron chi connectivity index (χ2n) is 16.7. The highest BCUT2D eigenvalue weighted by Gasteiger charge is 2.46. The number of nitriles is 1. The van der Waals surface area contributed by atoms with E-state index < -0.39 is 0 Å². The molecule has 3 fully saturated rings. The van der Waals surface area contributed by atoms with Gasteiger partial charge in [-0.3, -0.25) is 19.3 Å². The zero-order valence-electron chi connectivity index (χ0n) is 33.3. The number of pyridine rings is 1. The molecule has 12 nitrogen and oxygen atoms in total. The molecule has 0 unspecified atom stereocenters. The molecule has 2 aliphatic carbocycles. The van der Waals surface area contributed by atoms with E-state index in [9.17, 15) is 4.79 Å². The number of fused-ring (bicyclic) bond motifs is 3. The van der Waals surface area contributed by atoms with E-state index in [0.29, 0.717) is 39.2 Å². The lowest BCUT2D eigenvalue weighted by atomic mass is 9.56. The van der Waals surface area contributed by atoms with Gasteiger partial charge >= 0.3 is 0 Å². The van der Waals surface area contributed by atoms with Crippen molar-refractivity contribution >= 4 is 40.5 Å². The molecule has 298 valence electrons. The van der Waals surface area contributed by atoms with Crippen LogP contribution in [0, 0.1) is 43.4 Å². The normalized spacial score (nSPS) is 21.3. The first kappa shape index (κ1) is 38.3. The molecule has 5 aromatic rings. The molecule has 14 heteroatoms. The van der Waals surface area contributed by atoms with Crippen LogP contribution in [0.2, 0.25) is 5.02 Å². The third-order valence-corrected chi connectivity index (χ3v) is 14.3. The molecule has 1 amide bonds. The van der Waals surface area contributed by atoms with Crippen LogP contribution in [-0.4, -0.2) is 66.6 Å². The molecule has 4 aliphatic rings. The summed E-state index contributed by atoms with van der Waals surface area (Å²) >= 11 is 7.94. The minimum Gasteiger partial charge on any atom is -0.490 e. The van der Waals surface area contributed by atoms with Gasteiger partial charge in [0.2, 0.25) is 5.95 Å². The molecule has 0 bridgehead atoms. The number of aliphatic imine (C=N–C) groups is 1. The van der Waals surface area contributed by atoms with Gasteiger partial charge in [0.1, 0.15) is 28.7 Å². The van der Waals surface area contributed by atoms with Crippen LogP contribution in [0.4, 0.5) is 5.95 Å². The van der Waals surface area contributed by atoms with E-state index in [1.54, 1.807) is 41.9 Å². The summed E-state index contributed by atoms with van der Waals surface area (Å²) in [5.74, 6) is 3.60. The summed E-state index contributed by atoms with van der Waals surface area (Å²) in [6.45, 7) is 10.3. The van der Waals surface area contributed by atoms with E-state index in [4.69, 9.17) is 31.6 Å². The van der Waals surface area contributed by atoms with Crippen LogP contribution < -0.4 is 15.0 Å². The molecule has 2 saturated carbocycles. The lowest BCUT2D eigenvalue weighted by Crippen LogP contribution is -2.48. The Morgan fingerprint density at radius 1 is 1.02 bits per heavy atom. The molecule has 0 radical (unpaired) electrons. The number of hydrogen-bond acceptors (Lipinski definition) is 11. The van der Waals surface area contributed by atoms with Gasteiger partial charge in [0.25, 0.3) is 5.91 Å². The number of nitrogens with zero attached hydrogens (tertiary/aromatic N) is 9. The maximum Gasteiger partial charge on any atom is 0.254 e. The number of carbonyl (C=O) groups is 1. The molecule has 1 atom stereocenters. The molecule has 1 N–H and O–H groups in total. The third-order valence-electron chi connectivity index (χ3n) is 12.8. The first-order valence-corrected chi connectivity index (χ1v) is 21.6. The largest absolute Gasteiger partial charge is 0.490 e. The van der Waals surface area contributed by atoms with Crippen LogP contribution in [0.3, 0.4) is 0 Å². The van der Waals surface area contributed by atoms with Gasteiger partial charge in [0.05, 0.1) is 28.0 Å². The molecule has 9 rings (SSSR count). The smallest absolute Gasteiger partial charge is 0.254 e. The highest BCUT2D eigenvalue weighted by atomic mass is 35.5. The van der Waals surface area contributed by atoms with Crippen molar-refractivity contribution in [2.24, 2.45) is 16.3 Å². The summed E-state index contributed by atoms with van der Waals surface area (Å²) in [6.07, 6.45) is 14.3. The molecule has 1 aromatic carbocycles. The number of anilines is 1. The fraction of sp³-hybridized carbons (Fsp3) is 0.455. The number of benzene rings is 1. The van der Waals surface area contributed by atoms with Crippen LogP contribution in [-0.2, 0) is 6.42 Å². The monoisotopic (exact) mass is 814 g/mol. The number of amides is 1. The zero-order chi connectivity index (χ0) is 40.1. The molecule has 2 aliphatic heterocycles. The van der Waals surface area contributed by atoms with E-state index in [2.05, 4.69) is 73.9 Å². The van der Waals surface area contributed by atoms with E-state index in [0.717, 1.165) is 97.2 Å². The van der Waals surface area contributed by atoms with Gasteiger partial charge in [-0.15, -0.1) is 21.5 Å². The van der Waals surface area contributed by atoms with E-state index in [1.165, 1.54) is 23.3 Å². The summed E-state index contributed by atoms with van der Waals surface area (Å²) in [5.41, 5.74) is 6.87. The molecule has 1 saturated heterocycles. The summed E-state index contributed by atoms with van der Waals surface area (Å²) in [5, 5.41) is 22.7. The Bertz CT molecular complexity index is 2410. The van der Waals surface area contributed by atoms with Gasteiger partial charge < -0.3 is 15.0 Å². The van der Waals surface area contributed by atoms with Gasteiger partial charge in [-0.05, 0) is 127 Å². The van der Waals surface area contributed by atoms with Crippen LogP contribution in [0.1, 0.15) is 119 Å². The minimum absolute atomic E-state index is 0.0432. The van der Waals surface area contributed by atoms with Crippen molar-refractivity contribution in [3.8, 4) is 16.8 Å². The molecular weight excluding hydrogens is 768 g/mol. The van der Waals surface area contributed by atoms with Crippen LogP contribution >= 0.6 is 22.9 Å². The first-order chi connectivity index (χ1) is 28.1. The Morgan fingerprint density at radius 2 is 1.78 bits per heavy atom. The molecule has 1 spiro atoms. The number of nitrogens with one attached hydrogen (secondary N) is 1. The lowest BCUT2D eigenvalue weighted by Gasteiger charge is -2.52. The van der Waals surface area contributed by atoms with Gasteiger partial charge in [0.15, 0.2) is 5.82 Å². The molecule has 6 heterocycles. The van der Waals surface area contributed by atoms with Crippen molar-refractivity contribution in [2.45, 2.75) is 104 Å². The second-order valence-corrected chi connectivity index (χ2v) is 18.3. The number of piperidine rings is 1. The molecule has 4 aromatic heterocycles. The summed E-state index contributed by atoms with van der Waals surface area (Å²) < 4.78 is 8.28. The quantitative estimate of drug-likeness (QED) is 0.164. The first-order valence-electron chi connectivity index (χ1n) is 20.4. The topological polar surface area (TPSA) is 147 Å². The van der Waals surface area contributed by atoms with Crippen molar-refractivity contribution in [3.63, 3.8) is 0 Å². The Labute approximate surface area is 347 Å². The Kier molecular flexibility index (Phi) is 10.3. The average molecular weight is 815 g/mol. The number of rotatable bonds is 8. The Hall–Kier alpha value is -5.19. The van der Waals surface area contributed by atoms with Crippen molar-refractivity contribution < 1.29 is 9.53 Å². The maximum atomic E-state index is 13.1. The number of halogens is 1. The van der Waals surface area contributed by atoms with E-state index in [-0.39, 0.29) is 24.1 Å². The number of aromatic nitrogens is 6. The van der Waals surface area contributed by atoms with Crippen molar-refractivity contribution in [2.75, 3.05) is 18.0 Å². The second kappa shape index (κ2) is 15.5. The highest BCUT2D eigenvalue weighted by molar-refractivity contribution is 7.15. The number of ether oxygens (including phenoxy) is 1. The Morgan fingerprint density at radius 3 is 2.47 bits per heavy atom. The van der Waals surface area contributed by atoms with Gasteiger partial charge in [0, 0.05) is 65.5 Å². The number of carbonyl (C=O) groups excluding carboxylic acids is 1. The van der Waals surface area contributed by atoms with Crippen molar-refractivity contribution in [1.82, 2.24) is 35.0 Å². The van der Waals surface area contributed by atoms with Gasteiger partial charge in [-0.25, -0.2) is 9.97 Å². The van der Waals surface area contributed by atoms with Crippen LogP contribution in [0.25, 0.3) is 5.00 Å². The van der Waals surface area contributed by atoms with Crippen molar-refractivity contribution in [3.05, 3.63) is 104 Å². The molecular formula is C44H47ClN10O2S. The highest BCUT2D eigenvalue weighted by Crippen LogP contribution is 2.53. The number of aryl methyl sites for hydroxylation is 2. The predicted octanol–water partition coefficient (Wildman–Crippen LogP) is 8.24. The SMILES string of the molecule is Cc1sc2c(c1C)C(c1ccc(CC3CC4(CCN(c5ncc(C(=O)N[C@H]6CC[C@H](Oc7ccc(C#N)c(Cl)c7)CC6)cn5)CC4)C3)nc1)=N[C@@H](C)c1nnc(C)n1-2. The average Bonchev–Trinajstić information content (AvgIpc) is 3.71. The zero-order valence-corrected chi connectivity index (χ0v) is 34.9. The summed E-state index contributed by atoms with van der Waals surface area (Å²) in [4.78, 5) is 36.0.